The lowest BCUT2D eigenvalue weighted by Gasteiger charge is -2.29. The maximum Gasteiger partial charge on any atom is 0.573 e. The zero-order valence-corrected chi connectivity index (χ0v) is 25.7. The van der Waals surface area contributed by atoms with E-state index in [0.29, 0.717) is 29.7 Å². The molecule has 0 aliphatic heterocycles. The van der Waals surface area contributed by atoms with E-state index in [1.807, 2.05) is 12.1 Å². The predicted molar refractivity (Wildman–Crippen MR) is 164 cm³/mol. The fourth-order valence-electron chi connectivity index (χ4n) is 6.22. The number of rotatable bonds is 11. The Balaban J connectivity index is 1.25. The van der Waals surface area contributed by atoms with Gasteiger partial charge in [-0.3, -0.25) is 0 Å². The van der Waals surface area contributed by atoms with Crippen molar-refractivity contribution in [2.24, 2.45) is 5.92 Å². The summed E-state index contributed by atoms with van der Waals surface area (Å²) < 4.78 is 119. The highest BCUT2D eigenvalue weighted by Gasteiger charge is 2.38. The maximum absolute atomic E-state index is 15.3. The van der Waals surface area contributed by atoms with E-state index in [0.717, 1.165) is 23.6 Å². The molecule has 4 aromatic rings. The van der Waals surface area contributed by atoms with Gasteiger partial charge in [0.25, 0.3) is 0 Å². The summed E-state index contributed by atoms with van der Waals surface area (Å²) in [5, 5.41) is 0. The number of unbranched alkanes of at least 4 members (excludes halogenated alkanes) is 2. The van der Waals surface area contributed by atoms with Gasteiger partial charge in [-0.05, 0) is 90.1 Å². The van der Waals surface area contributed by atoms with Crippen molar-refractivity contribution >= 4 is 0 Å². The first-order valence-electron chi connectivity index (χ1n) is 15.7. The summed E-state index contributed by atoms with van der Waals surface area (Å²) in [6.45, 7) is 2.22. The van der Waals surface area contributed by atoms with Crippen LogP contribution in [-0.4, -0.2) is 6.36 Å². The van der Waals surface area contributed by atoms with Crippen LogP contribution < -0.4 is 9.47 Å². The van der Waals surface area contributed by atoms with Gasteiger partial charge in [-0.1, -0.05) is 75.1 Å². The van der Waals surface area contributed by atoms with E-state index < -0.39 is 47.0 Å². The molecule has 0 heterocycles. The van der Waals surface area contributed by atoms with Crippen LogP contribution in [0.4, 0.5) is 35.1 Å². The van der Waals surface area contributed by atoms with Gasteiger partial charge in [-0.2, -0.15) is 8.78 Å². The third-order valence-corrected chi connectivity index (χ3v) is 8.72. The lowest BCUT2D eigenvalue weighted by Crippen LogP contribution is -2.23. The summed E-state index contributed by atoms with van der Waals surface area (Å²) in [7, 11) is 0. The van der Waals surface area contributed by atoms with Crippen LogP contribution in [0.5, 0.6) is 11.5 Å². The topological polar surface area (TPSA) is 18.5 Å². The van der Waals surface area contributed by atoms with Gasteiger partial charge in [0.05, 0.1) is 5.56 Å². The van der Waals surface area contributed by atoms with E-state index >= 15 is 4.39 Å². The van der Waals surface area contributed by atoms with E-state index in [4.69, 9.17) is 0 Å². The van der Waals surface area contributed by atoms with Crippen molar-refractivity contribution in [2.75, 3.05) is 0 Å². The van der Waals surface area contributed by atoms with Gasteiger partial charge in [0, 0.05) is 11.6 Å². The zero-order valence-electron chi connectivity index (χ0n) is 25.7. The molecule has 250 valence electrons. The van der Waals surface area contributed by atoms with Crippen LogP contribution in [-0.2, 0) is 6.11 Å². The molecule has 47 heavy (non-hydrogen) atoms. The Kier molecular flexibility index (Phi) is 10.5. The number of alkyl halides is 5. The second kappa shape index (κ2) is 14.4. The number of hydrogen-bond donors (Lipinski definition) is 0. The molecule has 2 nitrogen and oxygen atoms in total. The lowest BCUT2D eigenvalue weighted by atomic mass is 9.77. The molecule has 1 fully saturated rings. The SMILES string of the molecule is CCCCCC1CCC(c2ccc(-c3ccc(-c4ccc(C(F)(F)Oc5ccc(OC(F)(F)F)c(F)c5)c(F)c4)c(F)c3)cc2)CC1. The smallest absolute Gasteiger partial charge is 0.429 e. The second-order valence-electron chi connectivity index (χ2n) is 12.0. The van der Waals surface area contributed by atoms with Gasteiger partial charge in [0.15, 0.2) is 11.6 Å². The molecule has 0 unspecified atom stereocenters. The fraction of sp³-hybridized carbons (Fsp3) is 0.351. The Morgan fingerprint density at radius 3 is 1.91 bits per heavy atom. The Morgan fingerprint density at radius 2 is 1.30 bits per heavy atom. The molecule has 1 aliphatic carbocycles. The van der Waals surface area contributed by atoms with Crippen LogP contribution in [0.1, 0.15) is 75.3 Å². The molecular formula is C37H34F8O2. The van der Waals surface area contributed by atoms with Crippen molar-refractivity contribution in [3.8, 4) is 33.8 Å². The lowest BCUT2D eigenvalue weighted by molar-refractivity contribution is -0.275. The van der Waals surface area contributed by atoms with Crippen LogP contribution >= 0.6 is 0 Å². The molecule has 4 aromatic carbocycles. The summed E-state index contributed by atoms with van der Waals surface area (Å²) in [6.07, 6.45) is 0.419. The number of hydrogen-bond acceptors (Lipinski definition) is 2. The molecule has 0 aromatic heterocycles. The Hall–Kier alpha value is -4.08. The Morgan fingerprint density at radius 1 is 0.638 bits per heavy atom. The predicted octanol–water partition coefficient (Wildman–Crippen LogP) is 12.3. The molecule has 0 atom stereocenters. The first kappa shape index (κ1) is 34.3. The van der Waals surface area contributed by atoms with E-state index in [2.05, 4.69) is 28.5 Å². The molecule has 1 saturated carbocycles. The highest BCUT2D eigenvalue weighted by Crippen LogP contribution is 2.40. The summed E-state index contributed by atoms with van der Waals surface area (Å²) in [4.78, 5) is 0. The second-order valence-corrected chi connectivity index (χ2v) is 12.0. The van der Waals surface area contributed by atoms with E-state index in [1.165, 1.54) is 69.1 Å². The quantitative estimate of drug-likeness (QED) is 0.118. The van der Waals surface area contributed by atoms with Gasteiger partial charge in [-0.15, -0.1) is 13.2 Å². The van der Waals surface area contributed by atoms with Gasteiger partial charge in [0.1, 0.15) is 17.4 Å². The Bertz CT molecular complexity index is 1660. The number of benzene rings is 4. The molecule has 1 aliphatic rings. The van der Waals surface area contributed by atoms with Gasteiger partial charge >= 0.3 is 12.5 Å². The number of ether oxygens (including phenoxy) is 2. The molecule has 0 amide bonds. The minimum absolute atomic E-state index is 0.00792. The standard InChI is InChI=1S/C37H34F8O2/c1-2-3-4-5-23-6-8-24(9-7-23)25-10-12-26(13-11-25)27-14-17-30(32(38)20-27)28-15-18-31(33(39)21-28)36(41,42)46-29-16-19-35(34(40)22-29)47-37(43,44)45/h10-24H,2-9H2,1H3. The monoisotopic (exact) mass is 662 g/mol. The summed E-state index contributed by atoms with van der Waals surface area (Å²) in [5.41, 5.74) is 1.42. The van der Waals surface area contributed by atoms with Crippen molar-refractivity contribution in [3.63, 3.8) is 0 Å². The summed E-state index contributed by atoms with van der Waals surface area (Å²) in [6, 6.07) is 16.3. The van der Waals surface area contributed by atoms with Crippen LogP contribution in [0, 0.1) is 23.4 Å². The van der Waals surface area contributed by atoms with E-state index in [-0.39, 0.29) is 17.2 Å². The fourth-order valence-corrected chi connectivity index (χ4v) is 6.22. The molecule has 0 saturated heterocycles. The zero-order chi connectivity index (χ0) is 33.8. The maximum atomic E-state index is 15.3. The third kappa shape index (κ3) is 8.64. The molecule has 10 heteroatoms. The molecule has 0 radical (unpaired) electrons. The van der Waals surface area contributed by atoms with Crippen molar-refractivity contribution in [1.82, 2.24) is 0 Å². The minimum atomic E-state index is -5.20. The Labute approximate surface area is 268 Å². The van der Waals surface area contributed by atoms with Gasteiger partial charge in [0.2, 0.25) is 0 Å². The van der Waals surface area contributed by atoms with Crippen molar-refractivity contribution < 1.29 is 44.6 Å². The van der Waals surface area contributed by atoms with Crippen LogP contribution in [0.15, 0.2) is 78.9 Å². The van der Waals surface area contributed by atoms with E-state index in [1.54, 1.807) is 6.07 Å². The average molecular weight is 663 g/mol. The molecule has 5 rings (SSSR count). The first-order valence-corrected chi connectivity index (χ1v) is 15.7. The van der Waals surface area contributed by atoms with Crippen molar-refractivity contribution in [2.45, 2.75) is 76.7 Å². The number of halogens is 8. The molecule has 0 bridgehead atoms. The highest BCUT2D eigenvalue weighted by molar-refractivity contribution is 5.71. The van der Waals surface area contributed by atoms with Crippen molar-refractivity contribution in [1.29, 1.82) is 0 Å². The van der Waals surface area contributed by atoms with Crippen molar-refractivity contribution in [3.05, 3.63) is 107 Å². The third-order valence-electron chi connectivity index (χ3n) is 8.72. The largest absolute Gasteiger partial charge is 0.573 e. The summed E-state index contributed by atoms with van der Waals surface area (Å²) >= 11 is 0. The minimum Gasteiger partial charge on any atom is -0.429 e. The van der Waals surface area contributed by atoms with Crippen LogP contribution in [0.3, 0.4) is 0 Å². The van der Waals surface area contributed by atoms with Gasteiger partial charge in [-0.25, -0.2) is 13.2 Å². The molecule has 0 spiro atoms. The normalized spacial score (nSPS) is 17.0. The molecule has 0 N–H and O–H groups in total. The van der Waals surface area contributed by atoms with Crippen LogP contribution in [0.25, 0.3) is 22.3 Å². The highest BCUT2D eigenvalue weighted by atomic mass is 19.4. The van der Waals surface area contributed by atoms with Gasteiger partial charge < -0.3 is 9.47 Å². The summed E-state index contributed by atoms with van der Waals surface area (Å²) in [5.74, 6) is -4.52. The van der Waals surface area contributed by atoms with Crippen LogP contribution in [0.2, 0.25) is 0 Å². The average Bonchev–Trinajstić information content (AvgIpc) is 3.02. The first-order chi connectivity index (χ1) is 22.3. The molecular weight excluding hydrogens is 628 g/mol. The van der Waals surface area contributed by atoms with E-state index in [9.17, 15) is 30.7 Å².